The molecule has 0 aromatic carbocycles. The molecule has 1 N–H and O–H groups in total. The lowest BCUT2D eigenvalue weighted by atomic mass is 9.69. The highest BCUT2D eigenvalue weighted by molar-refractivity contribution is 5.85. The maximum atomic E-state index is 13.1. The van der Waals surface area contributed by atoms with E-state index in [4.69, 9.17) is 0 Å². The Bertz CT molecular complexity index is 926. The van der Waals surface area contributed by atoms with Crippen molar-refractivity contribution < 1.29 is 9.90 Å². The summed E-state index contributed by atoms with van der Waals surface area (Å²) in [6.07, 6.45) is 16.4. The number of hydrogen-bond acceptors (Lipinski definition) is 4. The molecule has 3 heterocycles. The van der Waals surface area contributed by atoms with Gasteiger partial charge in [0.25, 0.3) is 5.56 Å². The van der Waals surface area contributed by atoms with Crippen molar-refractivity contribution in [2.45, 2.75) is 102 Å². The quantitative estimate of drug-likeness (QED) is 0.773. The third-order valence-corrected chi connectivity index (χ3v) is 8.57. The molecule has 4 aliphatic rings. The van der Waals surface area contributed by atoms with Crippen LogP contribution < -0.4 is 5.56 Å². The molecule has 1 aromatic heterocycles. The van der Waals surface area contributed by atoms with E-state index in [2.05, 4.69) is 9.88 Å². The lowest BCUT2D eigenvalue weighted by molar-refractivity contribution is 0.00706. The molecule has 4 fully saturated rings. The molecule has 2 aliphatic heterocycles. The number of allylic oxidation sites excluding steroid dienone is 1. The summed E-state index contributed by atoms with van der Waals surface area (Å²) >= 11 is 0. The van der Waals surface area contributed by atoms with Gasteiger partial charge in [0.05, 0.1) is 5.69 Å². The highest BCUT2D eigenvalue weighted by atomic mass is 16.4. The lowest BCUT2D eigenvalue weighted by Gasteiger charge is -2.49. The van der Waals surface area contributed by atoms with Gasteiger partial charge in [-0.15, -0.1) is 0 Å². The van der Waals surface area contributed by atoms with Crippen LogP contribution in [0.15, 0.2) is 10.9 Å². The number of piperidine rings is 1. The van der Waals surface area contributed by atoms with Crippen molar-refractivity contribution in [3.8, 4) is 0 Å². The normalized spacial score (nSPS) is 35.5. The molecule has 0 amide bonds. The molecule has 1 aromatic rings. The van der Waals surface area contributed by atoms with Gasteiger partial charge in [-0.05, 0) is 76.7 Å². The first-order valence-electron chi connectivity index (χ1n) is 12.2. The third kappa shape index (κ3) is 3.67. The third-order valence-electron chi connectivity index (χ3n) is 8.57. The van der Waals surface area contributed by atoms with Gasteiger partial charge in [0.2, 0.25) is 5.69 Å². The van der Waals surface area contributed by atoms with Crippen LogP contribution in [-0.4, -0.2) is 43.7 Å². The first kappa shape index (κ1) is 20.9. The monoisotopic (exact) mass is 425 g/mol. The summed E-state index contributed by atoms with van der Waals surface area (Å²) in [7, 11) is 0. The Morgan fingerprint density at radius 3 is 2.19 bits per heavy atom. The van der Waals surface area contributed by atoms with E-state index in [-0.39, 0.29) is 11.7 Å². The fourth-order valence-corrected chi connectivity index (χ4v) is 7.47. The SMILES string of the molecule is C/C=C\c1nc(C(=O)O)c(=O)n(C2C[C@H]3CC[C@@H](C2)N3C2CC3CCCC(C3)C2)c1C. The van der Waals surface area contributed by atoms with Crippen molar-refractivity contribution in [1.82, 2.24) is 14.5 Å². The Morgan fingerprint density at radius 1 is 0.968 bits per heavy atom. The second kappa shape index (κ2) is 8.19. The highest BCUT2D eigenvalue weighted by Crippen LogP contribution is 2.48. The van der Waals surface area contributed by atoms with Crippen molar-refractivity contribution in [3.63, 3.8) is 0 Å². The first-order chi connectivity index (χ1) is 15.0. The van der Waals surface area contributed by atoms with Crippen LogP contribution in [0.25, 0.3) is 6.08 Å². The first-order valence-corrected chi connectivity index (χ1v) is 12.2. The molecule has 5 rings (SSSR count). The number of fused-ring (bicyclic) bond motifs is 4. The van der Waals surface area contributed by atoms with Gasteiger partial charge in [0.1, 0.15) is 0 Å². The summed E-state index contributed by atoms with van der Waals surface area (Å²) in [5.74, 6) is 0.598. The number of rotatable bonds is 4. The summed E-state index contributed by atoms with van der Waals surface area (Å²) in [6, 6.07) is 1.82. The Morgan fingerprint density at radius 2 is 1.61 bits per heavy atom. The topological polar surface area (TPSA) is 75.4 Å². The zero-order valence-electron chi connectivity index (χ0n) is 18.8. The van der Waals surface area contributed by atoms with E-state index in [9.17, 15) is 14.7 Å². The molecule has 2 saturated heterocycles. The van der Waals surface area contributed by atoms with E-state index < -0.39 is 11.5 Å². The number of nitrogens with zero attached hydrogens (tertiary/aromatic N) is 3. The van der Waals surface area contributed by atoms with Gasteiger partial charge >= 0.3 is 5.97 Å². The maximum absolute atomic E-state index is 13.1. The zero-order valence-corrected chi connectivity index (χ0v) is 18.8. The summed E-state index contributed by atoms with van der Waals surface area (Å²) < 4.78 is 1.77. The molecule has 0 radical (unpaired) electrons. The van der Waals surface area contributed by atoms with E-state index in [1.165, 1.54) is 51.4 Å². The Labute approximate surface area is 184 Å². The number of aromatic nitrogens is 2. The van der Waals surface area contributed by atoms with E-state index in [0.29, 0.717) is 23.8 Å². The molecule has 6 nitrogen and oxygen atoms in total. The van der Waals surface area contributed by atoms with Crippen molar-refractivity contribution in [2.75, 3.05) is 0 Å². The van der Waals surface area contributed by atoms with Crippen LogP contribution in [0.5, 0.6) is 0 Å². The molecule has 0 spiro atoms. The van der Waals surface area contributed by atoms with Crippen molar-refractivity contribution >= 4 is 12.0 Å². The summed E-state index contributed by atoms with van der Waals surface area (Å²) in [5.41, 5.74) is 0.587. The van der Waals surface area contributed by atoms with Gasteiger partial charge in [-0.2, -0.15) is 0 Å². The number of aromatic carboxylic acids is 1. The van der Waals surface area contributed by atoms with Crippen molar-refractivity contribution in [3.05, 3.63) is 33.5 Å². The van der Waals surface area contributed by atoms with E-state index >= 15 is 0 Å². The average Bonchev–Trinajstić information content (AvgIpc) is 3.00. The number of carboxylic acid groups (broad SMARTS) is 1. The van der Waals surface area contributed by atoms with E-state index in [0.717, 1.165) is 30.4 Å². The molecule has 168 valence electrons. The Kier molecular flexibility index (Phi) is 5.53. The van der Waals surface area contributed by atoms with Gasteiger partial charge < -0.3 is 9.67 Å². The molecular weight excluding hydrogens is 390 g/mol. The fraction of sp³-hybridized carbons (Fsp3) is 0.720. The van der Waals surface area contributed by atoms with Crippen LogP contribution in [0.4, 0.5) is 0 Å². The number of hydrogen-bond donors (Lipinski definition) is 1. The van der Waals surface area contributed by atoms with Gasteiger partial charge in [-0.3, -0.25) is 9.69 Å². The van der Waals surface area contributed by atoms with Gasteiger partial charge in [0.15, 0.2) is 0 Å². The van der Waals surface area contributed by atoms with Crippen LogP contribution in [0.2, 0.25) is 0 Å². The van der Waals surface area contributed by atoms with Crippen LogP contribution >= 0.6 is 0 Å². The Balaban J connectivity index is 1.43. The highest BCUT2D eigenvalue weighted by Gasteiger charge is 2.47. The largest absolute Gasteiger partial charge is 0.476 e. The van der Waals surface area contributed by atoms with E-state index in [1.54, 1.807) is 4.57 Å². The lowest BCUT2D eigenvalue weighted by Crippen LogP contribution is -2.53. The van der Waals surface area contributed by atoms with Gasteiger partial charge in [-0.1, -0.05) is 25.3 Å². The molecule has 4 bridgehead atoms. The second-order valence-corrected chi connectivity index (χ2v) is 10.4. The standard InChI is InChI=1S/C25H35N3O3/c1-3-5-22-15(2)27(24(29)23(26-22)25(30)31)21-13-18-8-9-19(14-21)28(18)20-11-16-6-4-7-17(10-16)12-20/h3,5,16-21H,4,6-14H2,1-2H3,(H,30,31)/b5-3-/t16?,17?,18-,19+,20?,21?. The molecule has 2 saturated carbocycles. The van der Waals surface area contributed by atoms with Crippen LogP contribution in [0, 0.1) is 18.8 Å². The predicted molar refractivity (Wildman–Crippen MR) is 120 cm³/mol. The summed E-state index contributed by atoms with van der Waals surface area (Å²) in [4.78, 5) is 31.8. The summed E-state index contributed by atoms with van der Waals surface area (Å²) in [6.45, 7) is 3.79. The molecule has 6 heteroatoms. The molecule has 5 atom stereocenters. The van der Waals surface area contributed by atoms with Crippen LogP contribution in [0.3, 0.4) is 0 Å². The Hall–Kier alpha value is -1.95. The molecular formula is C25H35N3O3. The van der Waals surface area contributed by atoms with E-state index in [1.807, 2.05) is 26.0 Å². The minimum Gasteiger partial charge on any atom is -0.476 e. The second-order valence-electron chi connectivity index (χ2n) is 10.4. The summed E-state index contributed by atoms with van der Waals surface area (Å²) in [5, 5.41) is 9.57. The van der Waals surface area contributed by atoms with Crippen molar-refractivity contribution in [1.29, 1.82) is 0 Å². The van der Waals surface area contributed by atoms with Gasteiger partial charge in [0, 0.05) is 29.9 Å². The van der Waals surface area contributed by atoms with Gasteiger partial charge in [-0.25, -0.2) is 9.78 Å². The maximum Gasteiger partial charge on any atom is 0.360 e. The average molecular weight is 426 g/mol. The molecule has 3 unspecified atom stereocenters. The smallest absolute Gasteiger partial charge is 0.360 e. The number of carboxylic acids is 1. The minimum atomic E-state index is -1.24. The molecule has 31 heavy (non-hydrogen) atoms. The fourth-order valence-electron chi connectivity index (χ4n) is 7.47. The van der Waals surface area contributed by atoms with Crippen LogP contribution in [0.1, 0.15) is 99.1 Å². The molecule has 2 aliphatic carbocycles. The minimum absolute atomic E-state index is 0.0643. The van der Waals surface area contributed by atoms with Crippen LogP contribution in [-0.2, 0) is 0 Å². The predicted octanol–water partition coefficient (Wildman–Crippen LogP) is 4.42. The number of carbonyl (C=O) groups is 1. The zero-order chi connectivity index (χ0) is 21.7. The van der Waals surface area contributed by atoms with Crippen molar-refractivity contribution in [2.24, 2.45) is 11.8 Å².